The van der Waals surface area contributed by atoms with E-state index < -0.39 is 11.9 Å². The average molecular weight is 453 g/mol. The number of carbonyl (C=O) groups is 2. The van der Waals surface area contributed by atoms with Crippen molar-refractivity contribution >= 4 is 34.1 Å². The average Bonchev–Trinajstić information content (AvgIpc) is 3.40. The lowest BCUT2D eigenvalue weighted by atomic mass is 9.90. The number of benzene rings is 1. The van der Waals surface area contributed by atoms with Crippen LogP contribution in [-0.2, 0) is 11.2 Å². The van der Waals surface area contributed by atoms with Gasteiger partial charge in [-0.15, -0.1) is 11.3 Å². The molecule has 1 atom stereocenters. The van der Waals surface area contributed by atoms with Crippen LogP contribution in [0.2, 0.25) is 0 Å². The molecule has 0 spiro atoms. The Labute approximate surface area is 193 Å². The predicted molar refractivity (Wildman–Crippen MR) is 129 cm³/mol. The lowest BCUT2D eigenvalue weighted by molar-refractivity contribution is -0.142. The fourth-order valence-electron chi connectivity index (χ4n) is 4.94. The Balaban J connectivity index is 1.66. The largest absolute Gasteiger partial charge is 0.481 e. The van der Waals surface area contributed by atoms with Crippen LogP contribution in [0, 0.1) is 11.8 Å². The SMILES string of the molecule is CC(C)C[C@H](CC(=O)c1ccc2c(c1)nc(Cc1cccs1)n2C1CCCCC1)C(=O)O. The van der Waals surface area contributed by atoms with Gasteiger partial charge in [-0.2, -0.15) is 0 Å². The first-order valence-electron chi connectivity index (χ1n) is 11.7. The Bertz CT molecular complexity index is 1080. The van der Waals surface area contributed by atoms with Crippen LogP contribution in [0.15, 0.2) is 35.7 Å². The highest BCUT2D eigenvalue weighted by atomic mass is 32.1. The van der Waals surface area contributed by atoms with Gasteiger partial charge in [-0.3, -0.25) is 9.59 Å². The van der Waals surface area contributed by atoms with Gasteiger partial charge in [0.2, 0.25) is 0 Å². The van der Waals surface area contributed by atoms with E-state index >= 15 is 0 Å². The number of nitrogens with zero attached hydrogens (tertiary/aromatic N) is 2. The van der Waals surface area contributed by atoms with Crippen molar-refractivity contribution in [3.05, 3.63) is 52.0 Å². The Kier molecular flexibility index (Phi) is 7.09. The number of carboxylic acids is 1. The summed E-state index contributed by atoms with van der Waals surface area (Å²) in [4.78, 5) is 30.8. The lowest BCUT2D eigenvalue weighted by Crippen LogP contribution is -2.20. The zero-order chi connectivity index (χ0) is 22.7. The maximum absolute atomic E-state index is 12.9. The summed E-state index contributed by atoms with van der Waals surface area (Å²) < 4.78 is 2.40. The number of aromatic nitrogens is 2. The van der Waals surface area contributed by atoms with Gasteiger partial charge in [0, 0.05) is 29.3 Å². The maximum Gasteiger partial charge on any atom is 0.306 e. The van der Waals surface area contributed by atoms with Gasteiger partial charge in [0.05, 0.1) is 17.0 Å². The minimum atomic E-state index is -0.895. The Morgan fingerprint density at radius 1 is 1.19 bits per heavy atom. The number of rotatable bonds is 9. The summed E-state index contributed by atoms with van der Waals surface area (Å²) in [6, 6.07) is 10.4. The number of Topliss-reactive ketones (excluding diaryl/α,β-unsaturated/α-hetero) is 1. The number of imidazole rings is 1. The third-order valence-electron chi connectivity index (χ3n) is 6.47. The number of hydrogen-bond acceptors (Lipinski definition) is 4. The highest BCUT2D eigenvalue weighted by Crippen LogP contribution is 2.34. The Morgan fingerprint density at radius 3 is 2.62 bits per heavy atom. The van der Waals surface area contributed by atoms with Crippen LogP contribution < -0.4 is 0 Å². The third-order valence-corrected chi connectivity index (χ3v) is 7.35. The molecular formula is C26H32N2O3S. The van der Waals surface area contributed by atoms with Gasteiger partial charge >= 0.3 is 5.97 Å². The summed E-state index contributed by atoms with van der Waals surface area (Å²) in [5, 5.41) is 11.6. The molecule has 3 aromatic rings. The van der Waals surface area contributed by atoms with E-state index in [1.54, 1.807) is 11.3 Å². The fraction of sp³-hybridized carbons (Fsp3) is 0.500. The van der Waals surface area contributed by atoms with E-state index in [0.29, 0.717) is 18.0 Å². The van der Waals surface area contributed by atoms with Crippen LogP contribution in [0.1, 0.15) is 85.9 Å². The zero-order valence-electron chi connectivity index (χ0n) is 18.9. The molecule has 0 bridgehead atoms. The summed E-state index contributed by atoms with van der Waals surface area (Å²) in [5.74, 6) is -0.369. The summed E-state index contributed by atoms with van der Waals surface area (Å²) in [6.07, 6.45) is 7.44. The molecule has 1 saturated carbocycles. The van der Waals surface area contributed by atoms with Crippen molar-refractivity contribution in [1.29, 1.82) is 0 Å². The van der Waals surface area contributed by atoms with Gasteiger partial charge < -0.3 is 9.67 Å². The van der Waals surface area contributed by atoms with Crippen molar-refractivity contribution < 1.29 is 14.7 Å². The zero-order valence-corrected chi connectivity index (χ0v) is 19.7. The molecular weight excluding hydrogens is 420 g/mol. The van der Waals surface area contributed by atoms with Crippen LogP contribution in [0.3, 0.4) is 0 Å². The minimum Gasteiger partial charge on any atom is -0.481 e. The molecule has 0 saturated heterocycles. The number of thiophene rings is 1. The van der Waals surface area contributed by atoms with Gasteiger partial charge in [-0.1, -0.05) is 39.2 Å². The standard InChI is InChI=1S/C26H32N2O3S/c1-17(2)13-19(26(30)31)15-24(29)18-10-11-23-22(14-18)27-25(16-21-9-6-12-32-21)28(23)20-7-4-3-5-8-20/h6,9-12,14,17,19-20H,3-5,7-8,13,15-16H2,1-2H3,(H,30,31)/t19-/m1/s1. The van der Waals surface area contributed by atoms with E-state index in [9.17, 15) is 14.7 Å². The van der Waals surface area contributed by atoms with Crippen LogP contribution in [0.25, 0.3) is 11.0 Å². The molecule has 0 aliphatic heterocycles. The molecule has 1 fully saturated rings. The second-order valence-corrected chi connectivity index (χ2v) is 10.5. The van der Waals surface area contributed by atoms with E-state index in [4.69, 9.17) is 4.98 Å². The molecule has 1 N–H and O–H groups in total. The summed E-state index contributed by atoms with van der Waals surface area (Å²) >= 11 is 1.74. The fourth-order valence-corrected chi connectivity index (χ4v) is 5.65. The number of fused-ring (bicyclic) bond motifs is 1. The second-order valence-electron chi connectivity index (χ2n) is 9.44. The van der Waals surface area contributed by atoms with Gasteiger partial charge in [0.15, 0.2) is 5.78 Å². The molecule has 2 heterocycles. The molecule has 0 radical (unpaired) electrons. The first-order valence-corrected chi connectivity index (χ1v) is 12.6. The molecule has 4 rings (SSSR count). The van der Waals surface area contributed by atoms with E-state index in [2.05, 4.69) is 22.1 Å². The summed E-state index contributed by atoms with van der Waals surface area (Å²) in [7, 11) is 0. The molecule has 0 unspecified atom stereocenters. The number of carboxylic acid groups (broad SMARTS) is 1. The monoisotopic (exact) mass is 452 g/mol. The maximum atomic E-state index is 12.9. The topological polar surface area (TPSA) is 72.2 Å². The number of aliphatic carboxylic acids is 1. The van der Waals surface area contributed by atoms with Gasteiger partial charge in [-0.25, -0.2) is 4.98 Å². The van der Waals surface area contributed by atoms with Crippen LogP contribution >= 0.6 is 11.3 Å². The quantitative estimate of drug-likeness (QED) is 0.375. The second kappa shape index (κ2) is 9.99. The van der Waals surface area contributed by atoms with E-state index in [-0.39, 0.29) is 18.1 Å². The molecule has 32 heavy (non-hydrogen) atoms. The first-order chi connectivity index (χ1) is 15.4. The normalized spacial score (nSPS) is 16.0. The predicted octanol–water partition coefficient (Wildman–Crippen LogP) is 6.51. The molecule has 2 aromatic heterocycles. The summed E-state index contributed by atoms with van der Waals surface area (Å²) in [5.41, 5.74) is 2.48. The van der Waals surface area contributed by atoms with Crippen LogP contribution in [-0.4, -0.2) is 26.4 Å². The van der Waals surface area contributed by atoms with Crippen LogP contribution in [0.5, 0.6) is 0 Å². The van der Waals surface area contributed by atoms with E-state index in [0.717, 1.165) is 23.3 Å². The van der Waals surface area contributed by atoms with Gasteiger partial charge in [0.1, 0.15) is 5.82 Å². The smallest absolute Gasteiger partial charge is 0.306 e. The van der Waals surface area contributed by atoms with Gasteiger partial charge in [-0.05, 0) is 54.8 Å². The van der Waals surface area contributed by atoms with Crippen molar-refractivity contribution in [1.82, 2.24) is 9.55 Å². The van der Waals surface area contributed by atoms with Crippen molar-refractivity contribution in [3.8, 4) is 0 Å². The van der Waals surface area contributed by atoms with Crippen molar-refractivity contribution in [2.24, 2.45) is 11.8 Å². The first kappa shape index (κ1) is 22.7. The van der Waals surface area contributed by atoms with E-state index in [1.165, 1.54) is 37.0 Å². The Morgan fingerprint density at radius 2 is 1.97 bits per heavy atom. The molecule has 1 aliphatic carbocycles. The Hall–Kier alpha value is -2.47. The van der Waals surface area contributed by atoms with E-state index in [1.807, 2.05) is 32.0 Å². The molecule has 170 valence electrons. The van der Waals surface area contributed by atoms with Crippen molar-refractivity contribution in [2.45, 2.75) is 71.3 Å². The van der Waals surface area contributed by atoms with Crippen molar-refractivity contribution in [2.75, 3.05) is 0 Å². The third kappa shape index (κ3) is 5.12. The number of ketones is 1. The molecule has 0 amide bonds. The molecule has 1 aliphatic rings. The summed E-state index contributed by atoms with van der Waals surface area (Å²) in [6.45, 7) is 3.97. The highest BCUT2D eigenvalue weighted by molar-refractivity contribution is 7.09. The molecule has 1 aromatic carbocycles. The number of carbonyl (C=O) groups excluding carboxylic acids is 1. The van der Waals surface area contributed by atoms with Gasteiger partial charge in [0.25, 0.3) is 0 Å². The minimum absolute atomic E-state index is 0.0321. The lowest BCUT2D eigenvalue weighted by Gasteiger charge is -2.25. The molecule has 6 heteroatoms. The number of hydrogen-bond donors (Lipinski definition) is 1. The highest BCUT2D eigenvalue weighted by Gasteiger charge is 2.25. The van der Waals surface area contributed by atoms with Crippen LogP contribution in [0.4, 0.5) is 0 Å². The van der Waals surface area contributed by atoms with Crippen molar-refractivity contribution in [3.63, 3.8) is 0 Å². The molecule has 5 nitrogen and oxygen atoms in total.